The van der Waals surface area contributed by atoms with Crippen LogP contribution in [0.5, 0.6) is 0 Å². The number of hydrogen-bond acceptors (Lipinski definition) is 3. The second-order valence-corrected chi connectivity index (χ2v) is 6.20. The first-order valence-electron chi connectivity index (χ1n) is 6.91. The molecule has 3 rings (SSSR count). The Hall–Kier alpha value is -2.27. The van der Waals surface area contributed by atoms with Crippen LogP contribution in [0, 0.1) is 19.7 Å². The van der Waals surface area contributed by atoms with E-state index in [0.29, 0.717) is 12.1 Å². The Kier molecular flexibility index (Phi) is 3.90. The Labute approximate surface area is 131 Å². The van der Waals surface area contributed by atoms with Gasteiger partial charge in [-0.05, 0) is 49.2 Å². The summed E-state index contributed by atoms with van der Waals surface area (Å²) < 4.78 is 15.0. The highest BCUT2D eigenvalue weighted by molar-refractivity contribution is 7.09. The van der Waals surface area contributed by atoms with Gasteiger partial charge in [0, 0.05) is 23.2 Å². The maximum Gasteiger partial charge on any atom is 0.251 e. The standard InChI is InChI=1S/C17H15FN2OS/c1-11-5-6-20(17(21)7-11)9-16-19-15(10-22-16)13-3-4-14(18)12(2)8-13/h3-8,10H,9H2,1-2H3. The van der Waals surface area contributed by atoms with Gasteiger partial charge >= 0.3 is 0 Å². The number of aryl methyl sites for hydroxylation is 2. The molecule has 3 aromatic rings. The summed E-state index contributed by atoms with van der Waals surface area (Å²) in [6, 6.07) is 8.47. The molecule has 0 aliphatic rings. The minimum atomic E-state index is -0.217. The Balaban J connectivity index is 1.87. The predicted molar refractivity (Wildman–Crippen MR) is 86.8 cm³/mol. The van der Waals surface area contributed by atoms with Crippen molar-refractivity contribution < 1.29 is 4.39 Å². The summed E-state index contributed by atoms with van der Waals surface area (Å²) in [5.41, 5.74) is 3.21. The molecule has 3 nitrogen and oxygen atoms in total. The second-order valence-electron chi connectivity index (χ2n) is 5.26. The fourth-order valence-corrected chi connectivity index (χ4v) is 3.00. The number of thiazole rings is 1. The van der Waals surface area contributed by atoms with E-state index >= 15 is 0 Å². The third-order valence-electron chi connectivity index (χ3n) is 3.46. The van der Waals surface area contributed by atoms with Gasteiger partial charge in [-0.25, -0.2) is 9.37 Å². The molecule has 0 saturated heterocycles. The Morgan fingerprint density at radius 3 is 2.77 bits per heavy atom. The highest BCUT2D eigenvalue weighted by Gasteiger charge is 2.08. The predicted octanol–water partition coefficient (Wildman–Crippen LogP) is 3.78. The van der Waals surface area contributed by atoms with Gasteiger partial charge in [-0.1, -0.05) is 0 Å². The summed E-state index contributed by atoms with van der Waals surface area (Å²) in [6.45, 7) is 4.08. The lowest BCUT2D eigenvalue weighted by Gasteiger charge is -2.03. The molecule has 0 atom stereocenters. The Morgan fingerprint density at radius 2 is 2.05 bits per heavy atom. The van der Waals surface area contributed by atoms with Crippen LogP contribution < -0.4 is 5.56 Å². The fraction of sp³-hybridized carbons (Fsp3) is 0.176. The lowest BCUT2D eigenvalue weighted by Crippen LogP contribution is -2.19. The molecule has 0 saturated carbocycles. The third-order valence-corrected chi connectivity index (χ3v) is 4.30. The summed E-state index contributed by atoms with van der Waals surface area (Å²) in [4.78, 5) is 16.4. The second kappa shape index (κ2) is 5.85. The van der Waals surface area contributed by atoms with E-state index in [9.17, 15) is 9.18 Å². The molecule has 0 N–H and O–H groups in total. The van der Waals surface area contributed by atoms with Crippen molar-refractivity contribution in [3.8, 4) is 11.3 Å². The molecule has 22 heavy (non-hydrogen) atoms. The Bertz CT molecular complexity index is 882. The summed E-state index contributed by atoms with van der Waals surface area (Å²) in [5, 5.41) is 2.78. The number of hydrogen-bond donors (Lipinski definition) is 0. The van der Waals surface area contributed by atoms with Crippen molar-refractivity contribution in [2.45, 2.75) is 20.4 Å². The molecular weight excluding hydrogens is 299 g/mol. The van der Waals surface area contributed by atoms with E-state index in [4.69, 9.17) is 0 Å². The molecule has 0 aliphatic carbocycles. The zero-order valence-corrected chi connectivity index (χ0v) is 13.2. The summed E-state index contributed by atoms with van der Waals surface area (Å²) in [7, 11) is 0. The molecule has 0 spiro atoms. The molecule has 0 radical (unpaired) electrons. The Morgan fingerprint density at radius 1 is 1.23 bits per heavy atom. The van der Waals surface area contributed by atoms with E-state index in [1.54, 1.807) is 35.9 Å². The molecule has 0 amide bonds. The zero-order valence-electron chi connectivity index (χ0n) is 12.3. The molecule has 1 aromatic carbocycles. The van der Waals surface area contributed by atoms with Crippen molar-refractivity contribution in [3.05, 3.63) is 74.2 Å². The van der Waals surface area contributed by atoms with Crippen molar-refractivity contribution >= 4 is 11.3 Å². The number of rotatable bonds is 3. The van der Waals surface area contributed by atoms with E-state index in [2.05, 4.69) is 4.98 Å². The normalized spacial score (nSPS) is 10.9. The van der Waals surface area contributed by atoms with Crippen LogP contribution in [-0.2, 0) is 6.54 Å². The summed E-state index contributed by atoms with van der Waals surface area (Å²) in [6.07, 6.45) is 1.78. The van der Waals surface area contributed by atoms with Gasteiger partial charge in [-0.3, -0.25) is 4.79 Å². The van der Waals surface area contributed by atoms with Crippen LogP contribution in [0.4, 0.5) is 4.39 Å². The first-order chi connectivity index (χ1) is 10.5. The van der Waals surface area contributed by atoms with E-state index in [-0.39, 0.29) is 11.4 Å². The quantitative estimate of drug-likeness (QED) is 0.737. The zero-order chi connectivity index (χ0) is 15.7. The fourth-order valence-electron chi connectivity index (χ4n) is 2.20. The van der Waals surface area contributed by atoms with Crippen LogP contribution in [0.15, 0.2) is 46.7 Å². The number of pyridine rings is 1. The SMILES string of the molecule is Cc1ccn(Cc2nc(-c3ccc(F)c(C)c3)cs2)c(=O)c1. The van der Waals surface area contributed by atoms with E-state index in [0.717, 1.165) is 21.8 Å². The molecule has 0 fully saturated rings. The number of benzene rings is 1. The monoisotopic (exact) mass is 314 g/mol. The first kappa shape index (κ1) is 14.7. The minimum absolute atomic E-state index is 0.0330. The van der Waals surface area contributed by atoms with E-state index < -0.39 is 0 Å². The van der Waals surface area contributed by atoms with E-state index in [1.807, 2.05) is 18.4 Å². The molecule has 112 valence electrons. The third kappa shape index (κ3) is 2.99. The van der Waals surface area contributed by atoms with Gasteiger partial charge < -0.3 is 4.57 Å². The largest absolute Gasteiger partial charge is 0.309 e. The average molecular weight is 314 g/mol. The van der Waals surface area contributed by atoms with Crippen LogP contribution in [0.2, 0.25) is 0 Å². The van der Waals surface area contributed by atoms with Crippen molar-refractivity contribution in [3.63, 3.8) is 0 Å². The maximum absolute atomic E-state index is 13.3. The minimum Gasteiger partial charge on any atom is -0.309 e. The smallest absolute Gasteiger partial charge is 0.251 e. The average Bonchev–Trinajstić information content (AvgIpc) is 2.93. The van der Waals surface area contributed by atoms with Gasteiger partial charge in [0.25, 0.3) is 5.56 Å². The van der Waals surface area contributed by atoms with E-state index in [1.165, 1.54) is 17.4 Å². The van der Waals surface area contributed by atoms with Crippen LogP contribution in [0.3, 0.4) is 0 Å². The maximum atomic E-state index is 13.3. The highest BCUT2D eigenvalue weighted by Crippen LogP contribution is 2.24. The molecule has 0 unspecified atom stereocenters. The molecule has 2 heterocycles. The lowest BCUT2D eigenvalue weighted by molar-refractivity contribution is 0.619. The number of nitrogens with zero attached hydrogens (tertiary/aromatic N) is 2. The molecular formula is C17H15FN2OS. The number of aromatic nitrogens is 2. The summed E-state index contributed by atoms with van der Waals surface area (Å²) >= 11 is 1.50. The van der Waals surface area contributed by atoms with Crippen molar-refractivity contribution in [1.82, 2.24) is 9.55 Å². The van der Waals surface area contributed by atoms with Gasteiger partial charge in [0.1, 0.15) is 10.8 Å². The molecule has 0 bridgehead atoms. The van der Waals surface area contributed by atoms with Crippen LogP contribution in [0.1, 0.15) is 16.1 Å². The van der Waals surface area contributed by atoms with Crippen LogP contribution >= 0.6 is 11.3 Å². The molecule has 2 aromatic heterocycles. The van der Waals surface area contributed by atoms with Crippen molar-refractivity contribution in [2.24, 2.45) is 0 Å². The van der Waals surface area contributed by atoms with Crippen molar-refractivity contribution in [1.29, 1.82) is 0 Å². The molecule has 0 aliphatic heterocycles. The van der Waals surface area contributed by atoms with Crippen LogP contribution in [0.25, 0.3) is 11.3 Å². The first-order valence-corrected chi connectivity index (χ1v) is 7.79. The molecule has 5 heteroatoms. The van der Waals surface area contributed by atoms with Crippen molar-refractivity contribution in [2.75, 3.05) is 0 Å². The number of halogens is 1. The highest BCUT2D eigenvalue weighted by atomic mass is 32.1. The lowest BCUT2D eigenvalue weighted by atomic mass is 10.1. The topological polar surface area (TPSA) is 34.9 Å². The van der Waals surface area contributed by atoms with Gasteiger partial charge in [0.05, 0.1) is 12.2 Å². The van der Waals surface area contributed by atoms with Gasteiger partial charge in [-0.15, -0.1) is 11.3 Å². The van der Waals surface area contributed by atoms with Gasteiger partial charge in [0.15, 0.2) is 0 Å². The summed E-state index contributed by atoms with van der Waals surface area (Å²) in [5.74, 6) is -0.217. The van der Waals surface area contributed by atoms with Gasteiger partial charge in [0.2, 0.25) is 0 Å². The van der Waals surface area contributed by atoms with Crippen LogP contribution in [-0.4, -0.2) is 9.55 Å². The van der Waals surface area contributed by atoms with Gasteiger partial charge in [-0.2, -0.15) is 0 Å².